The first-order valence-electron chi connectivity index (χ1n) is 7.38. The van der Waals surface area contributed by atoms with Gasteiger partial charge in [0.2, 0.25) is 0 Å². The number of fused-ring (bicyclic) bond motifs is 1. The Morgan fingerprint density at radius 3 is 2.61 bits per heavy atom. The number of aromatic nitrogens is 1. The first-order chi connectivity index (χ1) is 11.2. The molecule has 0 unspecified atom stereocenters. The zero-order chi connectivity index (χ0) is 16.2. The van der Waals surface area contributed by atoms with Crippen molar-refractivity contribution in [1.29, 1.82) is 0 Å². The molecule has 0 aliphatic carbocycles. The highest BCUT2D eigenvalue weighted by Crippen LogP contribution is 2.26. The number of ether oxygens (including phenoxy) is 2. The number of aryl methyl sites for hydroxylation is 1. The number of hydrogen-bond donors (Lipinski definition) is 0. The summed E-state index contributed by atoms with van der Waals surface area (Å²) in [5.41, 5.74) is 1.21. The summed E-state index contributed by atoms with van der Waals surface area (Å²) in [5.74, 6) is 0.111. The van der Waals surface area contributed by atoms with Crippen molar-refractivity contribution in [3.05, 3.63) is 58.0 Å². The molecule has 0 saturated carbocycles. The van der Waals surface area contributed by atoms with Gasteiger partial charge in [0.15, 0.2) is 0 Å². The minimum absolute atomic E-state index is 0.172. The Balaban J connectivity index is 1.81. The van der Waals surface area contributed by atoms with Crippen LogP contribution in [0.2, 0.25) is 0 Å². The molecule has 0 saturated heterocycles. The lowest BCUT2D eigenvalue weighted by Gasteiger charge is -2.10. The highest BCUT2D eigenvalue weighted by atomic mass is 32.1. The number of benzene rings is 2. The predicted molar refractivity (Wildman–Crippen MR) is 91.1 cm³/mol. The van der Waals surface area contributed by atoms with E-state index in [1.165, 1.54) is 0 Å². The maximum atomic E-state index is 12.4. The minimum atomic E-state index is -0.404. The quantitative estimate of drug-likeness (QED) is 0.658. The van der Waals surface area contributed by atoms with Crippen LogP contribution in [0.3, 0.4) is 0 Å². The molecule has 1 heterocycles. The van der Waals surface area contributed by atoms with Crippen molar-refractivity contribution in [3.63, 3.8) is 0 Å². The van der Waals surface area contributed by atoms with E-state index in [-0.39, 0.29) is 6.61 Å². The van der Waals surface area contributed by atoms with Crippen LogP contribution < -0.4 is 4.74 Å². The van der Waals surface area contributed by atoms with Gasteiger partial charge >= 0.3 is 5.97 Å². The van der Waals surface area contributed by atoms with Gasteiger partial charge in [0.25, 0.3) is 0 Å². The van der Waals surface area contributed by atoms with Crippen molar-refractivity contribution in [2.45, 2.75) is 20.0 Å². The second-order valence-corrected chi connectivity index (χ2v) is 6.00. The number of rotatable bonds is 5. The fraction of sp³-hybridized carbons (Fsp3) is 0.222. The monoisotopic (exact) mass is 327 g/mol. The smallest absolute Gasteiger partial charge is 0.342 e. The number of hydrogen-bond acceptors (Lipinski definition) is 5. The van der Waals surface area contributed by atoms with Crippen LogP contribution in [0.5, 0.6) is 5.75 Å². The van der Waals surface area contributed by atoms with Gasteiger partial charge < -0.3 is 9.47 Å². The number of thiazole rings is 1. The summed E-state index contributed by atoms with van der Waals surface area (Å²) in [5, 5.41) is 4.96. The molecule has 0 aliphatic heterocycles. The highest BCUT2D eigenvalue weighted by Gasteiger charge is 2.15. The average Bonchev–Trinajstić information content (AvgIpc) is 3.06. The SMILES string of the molecule is CCc1nc(COC(=O)c2cc3ccccc3cc2OC)cs1. The molecule has 0 fully saturated rings. The van der Waals surface area contributed by atoms with Gasteiger partial charge in [-0.15, -0.1) is 11.3 Å². The van der Waals surface area contributed by atoms with Crippen molar-refractivity contribution in [2.24, 2.45) is 0 Å². The first-order valence-corrected chi connectivity index (χ1v) is 8.26. The third-order valence-corrected chi connectivity index (χ3v) is 4.58. The zero-order valence-corrected chi connectivity index (χ0v) is 13.9. The molecule has 0 aliphatic rings. The summed E-state index contributed by atoms with van der Waals surface area (Å²) >= 11 is 1.58. The van der Waals surface area contributed by atoms with Crippen molar-refractivity contribution in [1.82, 2.24) is 4.98 Å². The molecule has 0 radical (unpaired) electrons. The lowest BCUT2D eigenvalue weighted by molar-refractivity contribution is 0.0465. The molecule has 3 aromatic rings. The van der Waals surface area contributed by atoms with Crippen LogP contribution in [0.4, 0.5) is 0 Å². The molecule has 1 aromatic heterocycles. The maximum absolute atomic E-state index is 12.4. The normalized spacial score (nSPS) is 10.7. The molecule has 0 bridgehead atoms. The Bertz CT molecular complexity index is 841. The fourth-order valence-electron chi connectivity index (χ4n) is 2.34. The van der Waals surface area contributed by atoms with Crippen LogP contribution in [0.1, 0.15) is 28.0 Å². The molecule has 4 nitrogen and oxygen atoms in total. The van der Waals surface area contributed by atoms with Crippen LogP contribution in [-0.4, -0.2) is 18.1 Å². The van der Waals surface area contributed by atoms with E-state index in [9.17, 15) is 4.79 Å². The molecule has 0 atom stereocenters. The van der Waals surface area contributed by atoms with Crippen molar-refractivity contribution >= 4 is 28.1 Å². The second kappa shape index (κ2) is 6.79. The third-order valence-electron chi connectivity index (χ3n) is 3.54. The summed E-state index contributed by atoms with van der Waals surface area (Å²) in [6, 6.07) is 11.5. The van der Waals surface area contributed by atoms with Gasteiger partial charge in [0.05, 0.1) is 17.8 Å². The van der Waals surface area contributed by atoms with Gasteiger partial charge in [-0.2, -0.15) is 0 Å². The Hall–Kier alpha value is -2.40. The molecule has 3 rings (SSSR count). The molecule has 5 heteroatoms. The summed E-state index contributed by atoms with van der Waals surface area (Å²) in [4.78, 5) is 16.8. The topological polar surface area (TPSA) is 48.4 Å². The Labute approximate surface area is 138 Å². The highest BCUT2D eigenvalue weighted by molar-refractivity contribution is 7.09. The van der Waals surface area contributed by atoms with Crippen LogP contribution in [-0.2, 0) is 17.8 Å². The Kier molecular flexibility index (Phi) is 4.57. The standard InChI is InChI=1S/C18H17NO3S/c1-3-17-19-14(11-23-17)10-22-18(20)15-8-12-6-4-5-7-13(12)9-16(15)21-2/h4-9,11H,3,10H2,1-2H3. The molecule has 23 heavy (non-hydrogen) atoms. The van der Waals surface area contributed by atoms with E-state index in [1.807, 2.05) is 35.7 Å². The molecule has 0 N–H and O–H groups in total. The largest absolute Gasteiger partial charge is 0.496 e. The van der Waals surface area contributed by atoms with Crippen molar-refractivity contribution in [2.75, 3.05) is 7.11 Å². The van der Waals surface area contributed by atoms with E-state index in [1.54, 1.807) is 24.5 Å². The molecule has 0 amide bonds. The van der Waals surface area contributed by atoms with Crippen LogP contribution in [0.15, 0.2) is 41.8 Å². The van der Waals surface area contributed by atoms with Crippen molar-refractivity contribution < 1.29 is 14.3 Å². The second-order valence-electron chi connectivity index (χ2n) is 5.06. The van der Waals surface area contributed by atoms with E-state index >= 15 is 0 Å². The van der Waals surface area contributed by atoms with E-state index < -0.39 is 5.97 Å². The number of carbonyl (C=O) groups is 1. The predicted octanol–water partition coefficient (Wildman–Crippen LogP) is 4.22. The number of methoxy groups -OCH3 is 1. The van der Waals surface area contributed by atoms with Gasteiger partial charge in [-0.3, -0.25) is 0 Å². The molecular weight excluding hydrogens is 310 g/mol. The van der Waals surface area contributed by atoms with Gasteiger partial charge in [0.1, 0.15) is 17.9 Å². The summed E-state index contributed by atoms with van der Waals surface area (Å²) in [7, 11) is 1.55. The average molecular weight is 327 g/mol. The summed E-state index contributed by atoms with van der Waals surface area (Å²) in [6.45, 7) is 2.22. The van der Waals surface area contributed by atoms with Gasteiger partial charge in [0, 0.05) is 5.38 Å². The third kappa shape index (κ3) is 3.35. The van der Waals surface area contributed by atoms with E-state index in [2.05, 4.69) is 11.9 Å². The summed E-state index contributed by atoms with van der Waals surface area (Å²) < 4.78 is 10.7. The minimum Gasteiger partial charge on any atom is -0.496 e. The van der Waals surface area contributed by atoms with Crippen molar-refractivity contribution in [3.8, 4) is 5.75 Å². The zero-order valence-electron chi connectivity index (χ0n) is 13.0. The van der Waals surface area contributed by atoms with Gasteiger partial charge in [-0.1, -0.05) is 31.2 Å². The molecule has 0 spiro atoms. The molecule has 2 aromatic carbocycles. The molecule has 118 valence electrons. The van der Waals surface area contributed by atoms with Gasteiger partial charge in [-0.25, -0.2) is 9.78 Å². The number of esters is 1. The number of nitrogens with zero attached hydrogens (tertiary/aromatic N) is 1. The lowest BCUT2D eigenvalue weighted by atomic mass is 10.1. The van der Waals surface area contributed by atoms with E-state index in [4.69, 9.17) is 9.47 Å². The first kappa shape index (κ1) is 15.5. The molecular formula is C18H17NO3S. The van der Waals surface area contributed by atoms with Crippen LogP contribution in [0.25, 0.3) is 10.8 Å². The lowest BCUT2D eigenvalue weighted by Crippen LogP contribution is -2.07. The Morgan fingerprint density at radius 2 is 1.96 bits per heavy atom. The maximum Gasteiger partial charge on any atom is 0.342 e. The fourth-order valence-corrected chi connectivity index (χ4v) is 3.07. The number of carbonyl (C=O) groups excluding carboxylic acids is 1. The van der Waals surface area contributed by atoms with Gasteiger partial charge in [-0.05, 0) is 29.3 Å². The van der Waals surface area contributed by atoms with E-state index in [0.717, 1.165) is 27.9 Å². The van der Waals surface area contributed by atoms with Crippen LogP contribution in [0, 0.1) is 0 Å². The summed E-state index contributed by atoms with van der Waals surface area (Å²) in [6.07, 6.45) is 0.886. The van der Waals surface area contributed by atoms with E-state index in [0.29, 0.717) is 11.3 Å². The Morgan fingerprint density at radius 1 is 1.22 bits per heavy atom. The van der Waals surface area contributed by atoms with Crippen LogP contribution >= 0.6 is 11.3 Å².